The van der Waals surface area contributed by atoms with E-state index in [4.69, 9.17) is 0 Å². The Morgan fingerprint density at radius 3 is 2.74 bits per heavy atom. The largest absolute Gasteiger partial charge is 0.355 e. The molecule has 19 heavy (non-hydrogen) atoms. The second-order valence-corrected chi connectivity index (χ2v) is 6.28. The molecule has 0 spiro atoms. The monoisotopic (exact) mass is 291 g/mol. The second kappa shape index (κ2) is 8.02. The maximum atomic E-state index is 11.6. The Morgan fingerprint density at radius 2 is 2.00 bits per heavy atom. The summed E-state index contributed by atoms with van der Waals surface area (Å²) >= 11 is 3.47. The van der Waals surface area contributed by atoms with Gasteiger partial charge in [0.05, 0.1) is 6.42 Å². The van der Waals surface area contributed by atoms with Crippen LogP contribution in [0.2, 0.25) is 0 Å². The first kappa shape index (κ1) is 14.2. The van der Waals surface area contributed by atoms with Gasteiger partial charge in [-0.1, -0.05) is 36.4 Å². The third kappa shape index (κ3) is 5.49. The number of nitrogens with one attached hydrogen (secondary N) is 1. The number of hydrogen-bond donors (Lipinski definition) is 1. The maximum Gasteiger partial charge on any atom is 0.225 e. The van der Waals surface area contributed by atoms with Crippen LogP contribution in [0, 0.1) is 0 Å². The number of thioether (sulfide) groups is 1. The van der Waals surface area contributed by atoms with Crippen molar-refractivity contribution in [2.24, 2.45) is 0 Å². The molecule has 0 unspecified atom stereocenters. The predicted octanol–water partition coefficient (Wildman–Crippen LogP) is 3.34. The highest BCUT2D eigenvalue weighted by atomic mass is 32.2. The van der Waals surface area contributed by atoms with E-state index in [-0.39, 0.29) is 5.91 Å². The lowest BCUT2D eigenvalue weighted by Crippen LogP contribution is -2.27. The van der Waals surface area contributed by atoms with Crippen molar-refractivity contribution in [1.82, 2.24) is 5.32 Å². The summed E-state index contributed by atoms with van der Waals surface area (Å²) in [4.78, 5) is 12.7. The highest BCUT2D eigenvalue weighted by Gasteiger charge is 2.03. The highest BCUT2D eigenvalue weighted by Crippen LogP contribution is 2.11. The lowest BCUT2D eigenvalue weighted by atomic mass is 10.2. The zero-order chi connectivity index (χ0) is 13.3. The summed E-state index contributed by atoms with van der Waals surface area (Å²) in [7, 11) is 0. The number of carbonyl (C=O) groups excluding carboxylic acids is 1. The Hall–Kier alpha value is -1.26. The molecule has 1 heterocycles. The van der Waals surface area contributed by atoms with Gasteiger partial charge in [-0.15, -0.1) is 11.3 Å². The number of amides is 1. The molecule has 0 saturated heterocycles. The van der Waals surface area contributed by atoms with Gasteiger partial charge in [-0.25, -0.2) is 0 Å². The van der Waals surface area contributed by atoms with E-state index in [0.717, 1.165) is 22.9 Å². The lowest BCUT2D eigenvalue weighted by Gasteiger charge is -2.04. The quantitative estimate of drug-likeness (QED) is 0.793. The summed E-state index contributed by atoms with van der Waals surface area (Å²) in [6, 6.07) is 14.4. The van der Waals surface area contributed by atoms with Crippen LogP contribution in [0.3, 0.4) is 0 Å². The van der Waals surface area contributed by atoms with Crippen LogP contribution in [-0.2, 0) is 17.0 Å². The van der Waals surface area contributed by atoms with Crippen LogP contribution < -0.4 is 5.32 Å². The number of benzene rings is 1. The average Bonchev–Trinajstić information content (AvgIpc) is 2.92. The summed E-state index contributed by atoms with van der Waals surface area (Å²) in [5.74, 6) is 2.06. The summed E-state index contributed by atoms with van der Waals surface area (Å²) in [5, 5.41) is 4.95. The average molecular weight is 291 g/mol. The SMILES string of the molecule is O=C(Cc1cccs1)NCCSCc1ccccc1. The zero-order valence-corrected chi connectivity index (χ0v) is 12.3. The molecule has 1 aromatic heterocycles. The van der Waals surface area contributed by atoms with E-state index in [1.165, 1.54) is 5.56 Å². The lowest BCUT2D eigenvalue weighted by molar-refractivity contribution is -0.120. The molecule has 100 valence electrons. The normalized spacial score (nSPS) is 10.3. The second-order valence-electron chi connectivity index (χ2n) is 4.14. The fourth-order valence-corrected chi connectivity index (χ4v) is 3.18. The molecule has 0 radical (unpaired) electrons. The maximum absolute atomic E-state index is 11.6. The molecule has 2 nitrogen and oxygen atoms in total. The van der Waals surface area contributed by atoms with Gasteiger partial charge >= 0.3 is 0 Å². The fourth-order valence-electron chi connectivity index (χ4n) is 1.66. The van der Waals surface area contributed by atoms with Crippen molar-refractivity contribution in [3.8, 4) is 0 Å². The third-order valence-electron chi connectivity index (χ3n) is 2.60. The standard InChI is InChI=1S/C15H17NOS2/c17-15(11-14-7-4-9-19-14)16-8-10-18-12-13-5-2-1-3-6-13/h1-7,9H,8,10-12H2,(H,16,17). The van der Waals surface area contributed by atoms with E-state index in [2.05, 4.69) is 29.6 Å². The van der Waals surface area contributed by atoms with Crippen LogP contribution in [0.15, 0.2) is 47.8 Å². The molecule has 1 aromatic carbocycles. The van der Waals surface area contributed by atoms with Crippen LogP contribution in [0.5, 0.6) is 0 Å². The van der Waals surface area contributed by atoms with Crippen molar-refractivity contribution in [2.75, 3.05) is 12.3 Å². The highest BCUT2D eigenvalue weighted by molar-refractivity contribution is 7.98. The molecule has 1 N–H and O–H groups in total. The van der Waals surface area contributed by atoms with Gasteiger partial charge in [0.15, 0.2) is 0 Å². The smallest absolute Gasteiger partial charge is 0.225 e. The van der Waals surface area contributed by atoms with E-state index in [9.17, 15) is 4.79 Å². The first-order valence-electron chi connectivity index (χ1n) is 6.25. The number of rotatable bonds is 7. The molecule has 0 saturated carbocycles. The Kier molecular flexibility index (Phi) is 5.98. The number of thiophene rings is 1. The van der Waals surface area contributed by atoms with Crippen LogP contribution in [0.1, 0.15) is 10.4 Å². The molecule has 0 bridgehead atoms. The Balaban J connectivity index is 1.56. The minimum Gasteiger partial charge on any atom is -0.355 e. The minimum atomic E-state index is 0.114. The zero-order valence-electron chi connectivity index (χ0n) is 10.7. The first-order valence-corrected chi connectivity index (χ1v) is 8.29. The Morgan fingerprint density at radius 1 is 1.16 bits per heavy atom. The Labute approximate surface area is 122 Å². The fraction of sp³-hybridized carbons (Fsp3) is 0.267. The first-order chi connectivity index (χ1) is 9.34. The van der Waals surface area contributed by atoms with E-state index in [0.29, 0.717) is 6.42 Å². The van der Waals surface area contributed by atoms with Gasteiger partial charge in [-0.05, 0) is 17.0 Å². The molecule has 0 aliphatic heterocycles. The van der Waals surface area contributed by atoms with Crippen molar-refractivity contribution >= 4 is 29.0 Å². The van der Waals surface area contributed by atoms with Gasteiger partial charge in [-0.2, -0.15) is 11.8 Å². The molecule has 4 heteroatoms. The topological polar surface area (TPSA) is 29.1 Å². The van der Waals surface area contributed by atoms with Crippen LogP contribution >= 0.6 is 23.1 Å². The van der Waals surface area contributed by atoms with Crippen molar-refractivity contribution < 1.29 is 4.79 Å². The van der Waals surface area contributed by atoms with E-state index in [1.807, 2.05) is 35.3 Å². The molecule has 1 amide bonds. The number of hydrogen-bond acceptors (Lipinski definition) is 3. The number of carbonyl (C=O) groups is 1. The van der Waals surface area contributed by atoms with Gasteiger partial charge in [0.2, 0.25) is 5.91 Å². The predicted molar refractivity (Wildman–Crippen MR) is 83.6 cm³/mol. The van der Waals surface area contributed by atoms with Crippen molar-refractivity contribution in [2.45, 2.75) is 12.2 Å². The van der Waals surface area contributed by atoms with E-state index < -0.39 is 0 Å². The molecule has 2 rings (SSSR count). The third-order valence-corrected chi connectivity index (χ3v) is 4.50. The molecular formula is C15H17NOS2. The van der Waals surface area contributed by atoms with Crippen LogP contribution in [-0.4, -0.2) is 18.2 Å². The van der Waals surface area contributed by atoms with Crippen molar-refractivity contribution in [3.63, 3.8) is 0 Å². The molecule has 0 aliphatic rings. The van der Waals surface area contributed by atoms with Crippen molar-refractivity contribution in [1.29, 1.82) is 0 Å². The van der Waals surface area contributed by atoms with Crippen LogP contribution in [0.25, 0.3) is 0 Å². The summed E-state index contributed by atoms with van der Waals surface area (Å²) in [5.41, 5.74) is 1.33. The van der Waals surface area contributed by atoms with Crippen LogP contribution in [0.4, 0.5) is 0 Å². The summed E-state index contributed by atoms with van der Waals surface area (Å²) in [6.45, 7) is 0.738. The van der Waals surface area contributed by atoms with Crippen molar-refractivity contribution in [3.05, 3.63) is 58.3 Å². The minimum absolute atomic E-state index is 0.114. The van der Waals surface area contributed by atoms with Gasteiger partial charge in [0.1, 0.15) is 0 Å². The van der Waals surface area contributed by atoms with Gasteiger partial charge in [0.25, 0.3) is 0 Å². The molecule has 0 atom stereocenters. The van der Waals surface area contributed by atoms with Gasteiger partial charge in [0, 0.05) is 22.9 Å². The molecule has 0 aliphatic carbocycles. The Bertz CT molecular complexity index is 482. The summed E-state index contributed by atoms with van der Waals surface area (Å²) < 4.78 is 0. The van der Waals surface area contributed by atoms with Gasteiger partial charge in [-0.3, -0.25) is 4.79 Å². The molecule has 2 aromatic rings. The van der Waals surface area contributed by atoms with E-state index >= 15 is 0 Å². The molecule has 0 fully saturated rings. The summed E-state index contributed by atoms with van der Waals surface area (Å²) in [6.07, 6.45) is 0.501. The molecular weight excluding hydrogens is 274 g/mol. The van der Waals surface area contributed by atoms with Gasteiger partial charge < -0.3 is 5.32 Å². The van der Waals surface area contributed by atoms with E-state index in [1.54, 1.807) is 11.3 Å².